The van der Waals surface area contributed by atoms with Gasteiger partial charge < -0.3 is 5.32 Å². The molecule has 2 fully saturated rings. The van der Waals surface area contributed by atoms with Gasteiger partial charge in [0, 0.05) is 18.1 Å². The molecule has 2 saturated heterocycles. The van der Waals surface area contributed by atoms with Crippen LogP contribution >= 0.6 is 11.6 Å². The first-order valence-corrected chi connectivity index (χ1v) is 7.81. The summed E-state index contributed by atoms with van der Waals surface area (Å²) in [5.41, 5.74) is 1.09. The number of rotatable bonds is 2. The summed E-state index contributed by atoms with van der Waals surface area (Å²) in [5.74, 6) is 0.275. The van der Waals surface area contributed by atoms with Gasteiger partial charge in [0.25, 0.3) is 0 Å². The number of nitrogens with zero attached hydrogens (tertiary/aromatic N) is 1. The van der Waals surface area contributed by atoms with Crippen LogP contribution in [0.3, 0.4) is 0 Å². The number of carbonyl (C=O) groups excluding carboxylic acids is 1. The van der Waals surface area contributed by atoms with Gasteiger partial charge in [0.05, 0.1) is 5.41 Å². The summed E-state index contributed by atoms with van der Waals surface area (Å²) >= 11 is 6.24. The van der Waals surface area contributed by atoms with E-state index >= 15 is 0 Å². The molecule has 1 amide bonds. The third-order valence-corrected chi connectivity index (χ3v) is 5.13. The summed E-state index contributed by atoms with van der Waals surface area (Å²) in [6.45, 7) is 3.78. The molecule has 0 aliphatic carbocycles. The normalized spacial score (nSPS) is 27.6. The lowest BCUT2D eigenvalue weighted by atomic mass is 9.79. The Labute approximate surface area is 125 Å². The van der Waals surface area contributed by atoms with Crippen molar-refractivity contribution < 1.29 is 4.79 Å². The first-order valence-electron chi connectivity index (χ1n) is 7.44. The molecule has 3 rings (SSSR count). The van der Waals surface area contributed by atoms with Crippen LogP contribution in [0.2, 0.25) is 5.02 Å². The lowest BCUT2D eigenvalue weighted by Gasteiger charge is -2.24. The number of nitrogens with one attached hydrogen (secondary N) is 1. The largest absolute Gasteiger partial charge is 0.356 e. The Bertz CT molecular complexity index is 505. The van der Waals surface area contributed by atoms with Gasteiger partial charge in [-0.15, -0.1) is 0 Å². The van der Waals surface area contributed by atoms with Crippen LogP contribution in [0.5, 0.6) is 0 Å². The summed E-state index contributed by atoms with van der Waals surface area (Å²) in [5, 5.41) is 3.84. The third kappa shape index (κ3) is 2.70. The molecular weight excluding hydrogens is 272 g/mol. The van der Waals surface area contributed by atoms with E-state index in [0.29, 0.717) is 0 Å². The first-order chi connectivity index (χ1) is 9.70. The molecular formula is C16H21ClN2O. The molecule has 2 aliphatic heterocycles. The maximum absolute atomic E-state index is 12.1. The number of benzene rings is 1. The number of hydrogen-bond donors (Lipinski definition) is 1. The lowest BCUT2D eigenvalue weighted by molar-refractivity contribution is -0.128. The fraction of sp³-hybridized carbons (Fsp3) is 0.562. The zero-order valence-corrected chi connectivity index (χ0v) is 12.5. The number of carbonyl (C=O) groups is 1. The van der Waals surface area contributed by atoms with Crippen LogP contribution in [0.4, 0.5) is 0 Å². The summed E-state index contributed by atoms with van der Waals surface area (Å²) in [6.07, 6.45) is 4.10. The van der Waals surface area contributed by atoms with Crippen molar-refractivity contribution >= 4 is 17.5 Å². The Morgan fingerprint density at radius 3 is 2.80 bits per heavy atom. The van der Waals surface area contributed by atoms with Gasteiger partial charge in [-0.3, -0.25) is 9.69 Å². The second kappa shape index (κ2) is 5.74. The second-order valence-electron chi connectivity index (χ2n) is 6.01. The average molecular weight is 293 g/mol. The maximum Gasteiger partial charge on any atom is 0.226 e. The summed E-state index contributed by atoms with van der Waals surface area (Å²) in [7, 11) is 0. The van der Waals surface area contributed by atoms with Gasteiger partial charge in [-0.1, -0.05) is 29.8 Å². The predicted molar refractivity (Wildman–Crippen MR) is 80.6 cm³/mol. The van der Waals surface area contributed by atoms with E-state index in [1.165, 1.54) is 5.56 Å². The first kappa shape index (κ1) is 13.9. The van der Waals surface area contributed by atoms with Gasteiger partial charge in [0.1, 0.15) is 0 Å². The fourth-order valence-corrected chi connectivity index (χ4v) is 3.66. The average Bonchev–Trinajstić information content (AvgIpc) is 2.67. The monoisotopic (exact) mass is 292 g/mol. The Kier molecular flexibility index (Phi) is 3.99. The Balaban J connectivity index is 1.66. The quantitative estimate of drug-likeness (QED) is 0.909. The highest BCUT2D eigenvalue weighted by molar-refractivity contribution is 6.31. The van der Waals surface area contributed by atoms with Gasteiger partial charge in [-0.2, -0.15) is 0 Å². The van der Waals surface area contributed by atoms with Gasteiger partial charge in [-0.05, 0) is 50.4 Å². The van der Waals surface area contributed by atoms with Crippen LogP contribution in [0.1, 0.15) is 31.2 Å². The summed E-state index contributed by atoms with van der Waals surface area (Å²) in [4.78, 5) is 14.5. The van der Waals surface area contributed by atoms with Crippen molar-refractivity contribution in [3.05, 3.63) is 34.9 Å². The van der Waals surface area contributed by atoms with E-state index in [9.17, 15) is 4.79 Å². The van der Waals surface area contributed by atoms with Crippen molar-refractivity contribution in [2.24, 2.45) is 5.41 Å². The van der Waals surface area contributed by atoms with Crippen molar-refractivity contribution in [2.75, 3.05) is 19.6 Å². The molecule has 3 nitrogen and oxygen atoms in total. The maximum atomic E-state index is 12.1. The van der Waals surface area contributed by atoms with Crippen molar-refractivity contribution in [3.63, 3.8) is 0 Å². The van der Waals surface area contributed by atoms with E-state index in [4.69, 9.17) is 11.6 Å². The van der Waals surface area contributed by atoms with E-state index in [1.807, 2.05) is 18.2 Å². The molecule has 2 heterocycles. The molecule has 1 atom stereocenters. The minimum absolute atomic E-state index is 0.0881. The van der Waals surface area contributed by atoms with Gasteiger partial charge in [0.15, 0.2) is 0 Å². The molecule has 0 saturated carbocycles. The van der Waals surface area contributed by atoms with Crippen LogP contribution in [-0.4, -0.2) is 30.4 Å². The Morgan fingerprint density at radius 2 is 2.05 bits per heavy atom. The number of amides is 1. The van der Waals surface area contributed by atoms with Crippen LogP contribution in [0.25, 0.3) is 0 Å². The van der Waals surface area contributed by atoms with E-state index in [0.717, 1.165) is 56.9 Å². The predicted octanol–water partition coefficient (Wildman–Crippen LogP) is 2.83. The number of hydrogen-bond acceptors (Lipinski definition) is 2. The molecule has 20 heavy (non-hydrogen) atoms. The molecule has 0 aromatic heterocycles. The summed E-state index contributed by atoms with van der Waals surface area (Å²) < 4.78 is 0. The lowest BCUT2D eigenvalue weighted by Crippen LogP contribution is -2.32. The number of halogens is 1. The van der Waals surface area contributed by atoms with E-state index < -0.39 is 0 Å². The van der Waals surface area contributed by atoms with Crippen LogP contribution in [-0.2, 0) is 11.3 Å². The van der Waals surface area contributed by atoms with Gasteiger partial charge in [-0.25, -0.2) is 0 Å². The van der Waals surface area contributed by atoms with Crippen molar-refractivity contribution in [1.29, 1.82) is 0 Å². The zero-order valence-electron chi connectivity index (χ0n) is 11.7. The molecule has 0 bridgehead atoms. The fourth-order valence-electron chi connectivity index (χ4n) is 3.47. The molecule has 2 aliphatic rings. The van der Waals surface area contributed by atoms with Gasteiger partial charge >= 0.3 is 0 Å². The van der Waals surface area contributed by atoms with Crippen molar-refractivity contribution in [2.45, 2.75) is 32.2 Å². The van der Waals surface area contributed by atoms with E-state index in [2.05, 4.69) is 16.3 Å². The molecule has 0 radical (unpaired) electrons. The standard InChI is InChI=1S/C16H21ClN2O/c17-14-5-2-1-4-13(14)12-19-10-3-6-16(8-11-19)7-9-18-15(16)20/h1-2,4-5H,3,6-12H2,(H,18,20)/t16-/m0/s1. The third-order valence-electron chi connectivity index (χ3n) is 4.76. The Hall–Kier alpha value is -1.06. The van der Waals surface area contributed by atoms with Crippen LogP contribution in [0.15, 0.2) is 24.3 Å². The van der Waals surface area contributed by atoms with E-state index in [-0.39, 0.29) is 11.3 Å². The number of likely N-dealkylation sites (tertiary alicyclic amines) is 1. The SMILES string of the molecule is O=C1NCC[C@]12CCCN(Cc1ccccc1Cl)CC2. The Morgan fingerprint density at radius 1 is 1.20 bits per heavy atom. The second-order valence-corrected chi connectivity index (χ2v) is 6.41. The van der Waals surface area contributed by atoms with Crippen LogP contribution < -0.4 is 5.32 Å². The van der Waals surface area contributed by atoms with Crippen molar-refractivity contribution in [1.82, 2.24) is 10.2 Å². The molecule has 1 N–H and O–H groups in total. The molecule has 1 spiro atoms. The summed E-state index contributed by atoms with van der Waals surface area (Å²) in [6, 6.07) is 8.03. The zero-order chi connectivity index (χ0) is 14.0. The van der Waals surface area contributed by atoms with Crippen molar-refractivity contribution in [3.8, 4) is 0 Å². The molecule has 0 unspecified atom stereocenters. The molecule has 108 valence electrons. The highest BCUT2D eigenvalue weighted by Gasteiger charge is 2.42. The minimum Gasteiger partial charge on any atom is -0.356 e. The highest BCUT2D eigenvalue weighted by atomic mass is 35.5. The minimum atomic E-state index is -0.0881. The topological polar surface area (TPSA) is 32.3 Å². The molecule has 1 aromatic carbocycles. The van der Waals surface area contributed by atoms with Crippen LogP contribution in [0, 0.1) is 5.41 Å². The molecule has 1 aromatic rings. The highest BCUT2D eigenvalue weighted by Crippen LogP contribution is 2.38. The smallest absolute Gasteiger partial charge is 0.226 e. The van der Waals surface area contributed by atoms with Gasteiger partial charge in [0.2, 0.25) is 5.91 Å². The molecule has 4 heteroatoms. The van der Waals surface area contributed by atoms with E-state index in [1.54, 1.807) is 0 Å².